The van der Waals surface area contributed by atoms with E-state index in [9.17, 15) is 10.0 Å². The van der Waals surface area contributed by atoms with E-state index < -0.39 is 0 Å². The lowest BCUT2D eigenvalue weighted by molar-refractivity contribution is -0.605. The molecule has 0 fully saturated rings. The Morgan fingerprint density at radius 2 is 1.73 bits per heavy atom. The number of anilines is 1. The van der Waals surface area contributed by atoms with Crippen molar-refractivity contribution in [1.29, 1.82) is 0 Å². The van der Waals surface area contributed by atoms with Gasteiger partial charge in [0.2, 0.25) is 5.91 Å². The molecular formula is C22H20N2O2. The van der Waals surface area contributed by atoms with Crippen LogP contribution < -0.4 is 9.63 Å². The van der Waals surface area contributed by atoms with E-state index in [2.05, 4.69) is 18.2 Å². The molecule has 2 heterocycles. The van der Waals surface area contributed by atoms with Gasteiger partial charge < -0.3 is 10.1 Å². The van der Waals surface area contributed by atoms with E-state index in [0.29, 0.717) is 6.42 Å². The third kappa shape index (κ3) is 3.18. The largest absolute Gasteiger partial charge is 0.619 e. The van der Waals surface area contributed by atoms with E-state index in [1.54, 1.807) is 24.3 Å². The molecule has 0 atom stereocenters. The normalized spacial score (nSPS) is 13.1. The molecule has 4 rings (SSSR count). The fraction of sp³-hybridized carbons (Fsp3) is 0.182. The number of benzene rings is 2. The zero-order valence-corrected chi connectivity index (χ0v) is 14.7. The van der Waals surface area contributed by atoms with Crippen molar-refractivity contribution in [3.8, 4) is 11.1 Å². The lowest BCUT2D eigenvalue weighted by Gasteiger charge is -2.12. The number of fused-ring (bicyclic) bond motifs is 1. The zero-order chi connectivity index (χ0) is 18.1. The summed E-state index contributed by atoms with van der Waals surface area (Å²) in [5, 5.41) is 12.1. The van der Waals surface area contributed by atoms with Crippen molar-refractivity contribution in [3.05, 3.63) is 88.9 Å². The summed E-state index contributed by atoms with van der Waals surface area (Å²) in [4.78, 5) is 13.6. The summed E-state index contributed by atoms with van der Waals surface area (Å²) in [6, 6.07) is 18.3. The average Bonchev–Trinajstić information content (AvgIpc) is 2.94. The van der Waals surface area contributed by atoms with Crippen LogP contribution in [0.5, 0.6) is 0 Å². The monoisotopic (exact) mass is 344 g/mol. The first-order valence-corrected chi connectivity index (χ1v) is 8.77. The highest BCUT2D eigenvalue weighted by atomic mass is 16.5. The molecule has 1 aromatic heterocycles. The highest BCUT2D eigenvalue weighted by Crippen LogP contribution is 2.32. The average molecular weight is 344 g/mol. The summed E-state index contributed by atoms with van der Waals surface area (Å²) < 4.78 is 0.873. The Bertz CT molecular complexity index is 967. The summed E-state index contributed by atoms with van der Waals surface area (Å²) >= 11 is 0. The van der Waals surface area contributed by atoms with Crippen LogP contribution in [-0.4, -0.2) is 13.0 Å². The number of rotatable bonds is 4. The number of carbonyl (C=O) groups excluding carboxylic acids is 1. The lowest BCUT2D eigenvalue weighted by atomic mass is 10.00. The molecule has 4 nitrogen and oxygen atoms in total. The SMILES string of the molecule is CN1C(=O)Cc2ccc(-c3cc(CCc4ccccc4)c[n+]([O-])c3)cc21. The minimum absolute atomic E-state index is 0.104. The number of aryl methyl sites for hydroxylation is 2. The van der Waals surface area contributed by atoms with E-state index in [0.717, 1.165) is 45.5 Å². The molecule has 130 valence electrons. The Morgan fingerprint density at radius 1 is 0.962 bits per heavy atom. The van der Waals surface area contributed by atoms with Gasteiger partial charge in [-0.25, -0.2) is 0 Å². The maximum atomic E-state index is 12.1. The topological polar surface area (TPSA) is 47.2 Å². The summed E-state index contributed by atoms with van der Waals surface area (Å²) in [7, 11) is 1.79. The van der Waals surface area contributed by atoms with Crippen molar-refractivity contribution >= 4 is 11.6 Å². The highest BCUT2D eigenvalue weighted by Gasteiger charge is 2.24. The van der Waals surface area contributed by atoms with Crippen LogP contribution >= 0.6 is 0 Å². The molecule has 0 spiro atoms. The molecule has 4 heteroatoms. The van der Waals surface area contributed by atoms with E-state index >= 15 is 0 Å². The maximum Gasteiger partial charge on any atom is 0.231 e. The Hall–Kier alpha value is -3.14. The summed E-state index contributed by atoms with van der Waals surface area (Å²) in [6.45, 7) is 0. The standard InChI is InChI=1S/C22H20N2O2/c1-23-21-12-18(9-10-19(21)13-22(23)25)20-11-17(14-24(26)15-20)8-7-16-5-3-2-4-6-16/h2-6,9-12,14-15H,7-8,13H2,1H3. The molecule has 0 saturated heterocycles. The molecule has 0 radical (unpaired) electrons. The van der Waals surface area contributed by atoms with Crippen LogP contribution in [0, 0.1) is 5.21 Å². The number of hydrogen-bond acceptors (Lipinski definition) is 2. The van der Waals surface area contributed by atoms with Crippen molar-refractivity contribution in [2.45, 2.75) is 19.3 Å². The summed E-state index contributed by atoms with van der Waals surface area (Å²) in [5.41, 5.74) is 6.06. The second kappa shape index (κ2) is 6.64. The highest BCUT2D eigenvalue weighted by molar-refractivity contribution is 6.01. The van der Waals surface area contributed by atoms with Gasteiger partial charge in [-0.05, 0) is 41.7 Å². The molecule has 26 heavy (non-hydrogen) atoms. The minimum Gasteiger partial charge on any atom is -0.619 e. The number of aromatic nitrogens is 1. The van der Waals surface area contributed by atoms with E-state index in [4.69, 9.17) is 0 Å². The Balaban J connectivity index is 1.62. The molecule has 1 aliphatic heterocycles. The van der Waals surface area contributed by atoms with Crippen LogP contribution in [0.4, 0.5) is 5.69 Å². The molecule has 0 aliphatic carbocycles. The number of likely N-dealkylation sites (N-methyl/N-ethyl adjacent to an activating group) is 1. The molecule has 0 N–H and O–H groups in total. The fourth-order valence-corrected chi connectivity index (χ4v) is 3.46. The molecule has 1 amide bonds. The van der Waals surface area contributed by atoms with E-state index in [1.165, 1.54) is 5.56 Å². The van der Waals surface area contributed by atoms with Crippen LogP contribution in [0.25, 0.3) is 11.1 Å². The molecule has 3 aromatic rings. The van der Waals surface area contributed by atoms with Crippen molar-refractivity contribution < 1.29 is 9.52 Å². The van der Waals surface area contributed by atoms with Crippen LogP contribution in [0.15, 0.2) is 67.0 Å². The van der Waals surface area contributed by atoms with Crippen molar-refractivity contribution in [3.63, 3.8) is 0 Å². The van der Waals surface area contributed by atoms with E-state index in [1.807, 2.05) is 36.4 Å². The van der Waals surface area contributed by atoms with Crippen LogP contribution in [0.2, 0.25) is 0 Å². The van der Waals surface area contributed by atoms with Gasteiger partial charge >= 0.3 is 0 Å². The zero-order valence-electron chi connectivity index (χ0n) is 14.7. The lowest BCUT2D eigenvalue weighted by Crippen LogP contribution is -2.26. The number of nitrogens with zero attached hydrogens (tertiary/aromatic N) is 2. The van der Waals surface area contributed by atoms with E-state index in [-0.39, 0.29) is 5.91 Å². The van der Waals surface area contributed by atoms with Gasteiger partial charge in [-0.15, -0.1) is 0 Å². The van der Waals surface area contributed by atoms with Gasteiger partial charge in [0.1, 0.15) is 0 Å². The van der Waals surface area contributed by atoms with Gasteiger partial charge in [0.25, 0.3) is 0 Å². The first-order chi connectivity index (χ1) is 12.6. The van der Waals surface area contributed by atoms with Gasteiger partial charge in [-0.3, -0.25) is 4.79 Å². The van der Waals surface area contributed by atoms with Gasteiger partial charge in [-0.2, -0.15) is 4.73 Å². The number of pyridine rings is 1. The third-order valence-electron chi connectivity index (χ3n) is 4.94. The smallest absolute Gasteiger partial charge is 0.231 e. The maximum absolute atomic E-state index is 12.1. The predicted molar refractivity (Wildman–Crippen MR) is 102 cm³/mol. The first kappa shape index (κ1) is 16.3. The van der Waals surface area contributed by atoms with Crippen LogP contribution in [0.1, 0.15) is 16.7 Å². The number of carbonyl (C=O) groups is 1. The van der Waals surface area contributed by atoms with Gasteiger partial charge in [0.05, 0.1) is 6.42 Å². The second-order valence-corrected chi connectivity index (χ2v) is 6.75. The van der Waals surface area contributed by atoms with Crippen molar-refractivity contribution in [2.75, 3.05) is 11.9 Å². The Labute approximate surface area is 152 Å². The molecule has 1 aliphatic rings. The Morgan fingerprint density at radius 3 is 2.54 bits per heavy atom. The summed E-state index contributed by atoms with van der Waals surface area (Å²) in [6.07, 6.45) is 5.37. The minimum atomic E-state index is 0.104. The van der Waals surface area contributed by atoms with Gasteiger partial charge in [-0.1, -0.05) is 42.5 Å². The van der Waals surface area contributed by atoms with Crippen LogP contribution in [-0.2, 0) is 24.1 Å². The predicted octanol–water partition coefficient (Wildman–Crippen LogP) is 3.29. The number of hydrogen-bond donors (Lipinski definition) is 0. The van der Waals surface area contributed by atoms with Crippen molar-refractivity contribution in [2.24, 2.45) is 0 Å². The van der Waals surface area contributed by atoms with Gasteiger partial charge in [0, 0.05) is 23.9 Å². The summed E-state index contributed by atoms with van der Waals surface area (Å²) in [5.74, 6) is 0.104. The number of amides is 1. The van der Waals surface area contributed by atoms with Crippen molar-refractivity contribution in [1.82, 2.24) is 0 Å². The molecule has 2 aromatic carbocycles. The van der Waals surface area contributed by atoms with Gasteiger partial charge in [0.15, 0.2) is 12.4 Å². The van der Waals surface area contributed by atoms with Crippen LogP contribution in [0.3, 0.4) is 0 Å². The first-order valence-electron chi connectivity index (χ1n) is 8.77. The third-order valence-corrected chi connectivity index (χ3v) is 4.94. The molecule has 0 unspecified atom stereocenters. The fourth-order valence-electron chi connectivity index (χ4n) is 3.46. The quantitative estimate of drug-likeness (QED) is 0.539. The Kier molecular flexibility index (Phi) is 4.17. The molecular weight excluding hydrogens is 324 g/mol. The molecule has 0 saturated carbocycles. The molecule has 0 bridgehead atoms. The second-order valence-electron chi connectivity index (χ2n) is 6.75.